The number of anilines is 1. The molecule has 0 aromatic carbocycles. The van der Waals surface area contributed by atoms with Crippen molar-refractivity contribution < 1.29 is 9.47 Å². The lowest BCUT2D eigenvalue weighted by atomic mass is 10.2. The maximum atomic E-state index is 5.73. The van der Waals surface area contributed by atoms with Gasteiger partial charge in [0.05, 0.1) is 17.7 Å². The first kappa shape index (κ1) is 19.5. The van der Waals surface area contributed by atoms with Gasteiger partial charge in [0.25, 0.3) is 0 Å². The molecule has 7 heteroatoms. The van der Waals surface area contributed by atoms with Crippen molar-refractivity contribution in [1.29, 1.82) is 0 Å². The summed E-state index contributed by atoms with van der Waals surface area (Å²) in [7, 11) is 0. The minimum absolute atomic E-state index is 0.315. The average Bonchev–Trinajstić information content (AvgIpc) is 3.38. The van der Waals surface area contributed by atoms with Gasteiger partial charge >= 0.3 is 0 Å². The van der Waals surface area contributed by atoms with Gasteiger partial charge in [0.2, 0.25) is 0 Å². The Labute approximate surface area is 161 Å². The number of nitrogens with one attached hydrogen (secondary N) is 1. The molecule has 1 aromatic heterocycles. The molecule has 0 saturated carbocycles. The van der Waals surface area contributed by atoms with Crippen LogP contribution in [0.4, 0.5) is 5.00 Å². The van der Waals surface area contributed by atoms with Gasteiger partial charge in [-0.25, -0.2) is 0 Å². The second kappa shape index (κ2) is 10.7. The number of hydrogen-bond donors (Lipinski definition) is 1. The van der Waals surface area contributed by atoms with Crippen LogP contribution < -0.4 is 10.2 Å². The minimum Gasteiger partial charge on any atom is -0.379 e. The van der Waals surface area contributed by atoms with E-state index in [2.05, 4.69) is 39.6 Å². The Morgan fingerprint density at radius 3 is 2.96 bits per heavy atom. The zero-order chi connectivity index (χ0) is 18.0. The fourth-order valence-electron chi connectivity index (χ4n) is 3.36. The van der Waals surface area contributed by atoms with E-state index in [1.165, 1.54) is 11.4 Å². The van der Waals surface area contributed by atoms with Gasteiger partial charge in [0, 0.05) is 52.5 Å². The van der Waals surface area contributed by atoms with E-state index in [0.29, 0.717) is 6.10 Å². The van der Waals surface area contributed by atoms with Crippen molar-refractivity contribution in [2.75, 3.05) is 64.0 Å². The standard InChI is InChI=1S/C19H32N4O2S/c1-2-20-19(21-8-5-13-24-16-17-6-3-14-25-17)23-11-9-22(10-12-23)18-7-4-15-26-18/h4,7,15,17H,2-3,5-6,8-14,16H2,1H3,(H,20,21). The summed E-state index contributed by atoms with van der Waals surface area (Å²) in [5.74, 6) is 1.04. The molecule has 0 radical (unpaired) electrons. The molecule has 1 unspecified atom stereocenters. The van der Waals surface area contributed by atoms with Crippen LogP contribution >= 0.6 is 11.3 Å². The molecule has 2 aliphatic heterocycles. The largest absolute Gasteiger partial charge is 0.379 e. The molecule has 0 bridgehead atoms. The molecule has 1 N–H and O–H groups in total. The third-order valence-corrected chi connectivity index (χ3v) is 5.70. The molecule has 3 heterocycles. The van der Waals surface area contributed by atoms with Gasteiger partial charge in [0.15, 0.2) is 5.96 Å². The first-order chi connectivity index (χ1) is 12.9. The summed E-state index contributed by atoms with van der Waals surface area (Å²) in [5.41, 5.74) is 0. The summed E-state index contributed by atoms with van der Waals surface area (Å²) in [5, 5.41) is 6.95. The van der Waals surface area contributed by atoms with Gasteiger partial charge in [-0.3, -0.25) is 4.99 Å². The van der Waals surface area contributed by atoms with Crippen molar-refractivity contribution in [3.05, 3.63) is 17.5 Å². The highest BCUT2D eigenvalue weighted by Gasteiger charge is 2.20. The van der Waals surface area contributed by atoms with Crippen molar-refractivity contribution in [3.63, 3.8) is 0 Å². The maximum Gasteiger partial charge on any atom is 0.194 e. The first-order valence-corrected chi connectivity index (χ1v) is 10.8. The highest BCUT2D eigenvalue weighted by molar-refractivity contribution is 7.14. The van der Waals surface area contributed by atoms with Gasteiger partial charge in [0.1, 0.15) is 0 Å². The summed E-state index contributed by atoms with van der Waals surface area (Å²) in [6, 6.07) is 4.33. The predicted octanol–water partition coefficient (Wildman–Crippen LogP) is 2.42. The van der Waals surface area contributed by atoms with Crippen LogP contribution in [0.5, 0.6) is 0 Å². The number of piperazine rings is 1. The first-order valence-electron chi connectivity index (χ1n) is 9.88. The summed E-state index contributed by atoms with van der Waals surface area (Å²) >= 11 is 1.82. The van der Waals surface area contributed by atoms with Crippen molar-refractivity contribution >= 4 is 22.3 Å². The van der Waals surface area contributed by atoms with E-state index in [4.69, 9.17) is 14.5 Å². The Morgan fingerprint density at radius 1 is 1.38 bits per heavy atom. The van der Waals surface area contributed by atoms with Gasteiger partial charge < -0.3 is 24.6 Å². The molecule has 2 saturated heterocycles. The molecule has 6 nitrogen and oxygen atoms in total. The molecule has 1 atom stereocenters. The fraction of sp³-hybridized carbons (Fsp3) is 0.737. The SMILES string of the molecule is CCNC(=NCCCOCC1CCCO1)N1CCN(c2cccs2)CC1. The number of guanidine groups is 1. The highest BCUT2D eigenvalue weighted by atomic mass is 32.1. The van der Waals surface area contributed by atoms with Gasteiger partial charge in [-0.2, -0.15) is 0 Å². The van der Waals surface area contributed by atoms with Crippen LogP contribution in [0.2, 0.25) is 0 Å². The van der Waals surface area contributed by atoms with E-state index in [-0.39, 0.29) is 0 Å². The van der Waals surface area contributed by atoms with Crippen LogP contribution in [0.1, 0.15) is 26.2 Å². The van der Waals surface area contributed by atoms with Crippen LogP contribution in [-0.4, -0.2) is 76.1 Å². The van der Waals surface area contributed by atoms with Crippen molar-refractivity contribution in [3.8, 4) is 0 Å². The minimum atomic E-state index is 0.315. The molecule has 2 aliphatic rings. The molecule has 2 fully saturated rings. The Kier molecular flexibility index (Phi) is 8.04. The highest BCUT2D eigenvalue weighted by Crippen LogP contribution is 2.22. The lowest BCUT2D eigenvalue weighted by molar-refractivity contribution is 0.0170. The van der Waals surface area contributed by atoms with E-state index >= 15 is 0 Å². The van der Waals surface area contributed by atoms with Crippen molar-refractivity contribution in [1.82, 2.24) is 10.2 Å². The van der Waals surface area contributed by atoms with Gasteiger partial charge in [-0.1, -0.05) is 0 Å². The summed E-state index contributed by atoms with van der Waals surface area (Å²) in [4.78, 5) is 9.64. The molecule has 0 spiro atoms. The number of aliphatic imine (C=N–C) groups is 1. The molecule has 3 rings (SSSR count). The molecule has 0 aliphatic carbocycles. The van der Waals surface area contributed by atoms with Crippen LogP contribution in [0.3, 0.4) is 0 Å². The Bertz CT molecular complexity index is 524. The number of rotatable bonds is 8. The van der Waals surface area contributed by atoms with Gasteiger partial charge in [-0.15, -0.1) is 11.3 Å². The zero-order valence-corrected chi connectivity index (χ0v) is 16.7. The number of hydrogen-bond acceptors (Lipinski definition) is 5. The summed E-state index contributed by atoms with van der Waals surface area (Å²) < 4.78 is 11.3. The van der Waals surface area contributed by atoms with Crippen LogP contribution in [-0.2, 0) is 9.47 Å². The third-order valence-electron chi connectivity index (χ3n) is 4.77. The number of ether oxygens (including phenoxy) is 2. The maximum absolute atomic E-state index is 5.73. The fourth-order valence-corrected chi connectivity index (χ4v) is 4.14. The second-order valence-corrected chi connectivity index (χ2v) is 7.65. The van der Waals surface area contributed by atoms with E-state index in [1.807, 2.05) is 11.3 Å². The lowest BCUT2D eigenvalue weighted by Gasteiger charge is -2.37. The van der Waals surface area contributed by atoms with E-state index in [9.17, 15) is 0 Å². The van der Waals surface area contributed by atoms with Crippen molar-refractivity contribution in [2.45, 2.75) is 32.3 Å². The number of thiophene rings is 1. The van der Waals surface area contributed by atoms with Crippen LogP contribution in [0.25, 0.3) is 0 Å². The quantitative estimate of drug-likeness (QED) is 0.426. The summed E-state index contributed by atoms with van der Waals surface area (Å²) in [6.45, 7) is 10.3. The lowest BCUT2D eigenvalue weighted by Crippen LogP contribution is -2.52. The number of nitrogens with zero attached hydrogens (tertiary/aromatic N) is 3. The molecular formula is C19H32N4O2S. The predicted molar refractivity (Wildman–Crippen MR) is 108 cm³/mol. The molecule has 1 aromatic rings. The molecular weight excluding hydrogens is 348 g/mol. The van der Waals surface area contributed by atoms with Crippen LogP contribution in [0, 0.1) is 0 Å². The molecule has 26 heavy (non-hydrogen) atoms. The third kappa shape index (κ3) is 5.86. The monoisotopic (exact) mass is 380 g/mol. The van der Waals surface area contributed by atoms with E-state index in [1.54, 1.807) is 0 Å². The second-order valence-electron chi connectivity index (χ2n) is 6.72. The molecule has 146 valence electrons. The van der Waals surface area contributed by atoms with Gasteiger partial charge in [-0.05, 0) is 43.7 Å². The van der Waals surface area contributed by atoms with Crippen LogP contribution in [0.15, 0.2) is 22.5 Å². The zero-order valence-electron chi connectivity index (χ0n) is 15.9. The summed E-state index contributed by atoms with van der Waals surface area (Å²) in [6.07, 6.45) is 3.58. The Hall–Kier alpha value is -1.31. The van der Waals surface area contributed by atoms with Crippen molar-refractivity contribution in [2.24, 2.45) is 4.99 Å². The normalized spacial score (nSPS) is 21.4. The molecule has 0 amide bonds. The average molecular weight is 381 g/mol. The Balaban J connectivity index is 1.36. The Morgan fingerprint density at radius 2 is 2.27 bits per heavy atom. The van der Waals surface area contributed by atoms with E-state index < -0.39 is 0 Å². The van der Waals surface area contributed by atoms with E-state index in [0.717, 1.165) is 77.9 Å². The smallest absolute Gasteiger partial charge is 0.194 e. The topological polar surface area (TPSA) is 49.3 Å².